The fraction of sp³-hybridized carbons (Fsp3) is 0.714. The minimum Gasteiger partial charge on any atom is -0.379 e. The molecule has 5 nitrogen and oxygen atoms in total. The van der Waals surface area contributed by atoms with Crippen molar-refractivity contribution in [2.45, 2.75) is 13.1 Å². The van der Waals surface area contributed by atoms with Crippen LogP contribution in [0.25, 0.3) is 0 Å². The van der Waals surface area contributed by atoms with Crippen LogP contribution >= 0.6 is 0 Å². The molecule has 2 aliphatic heterocycles. The zero-order chi connectivity index (χ0) is 12.9. The van der Waals surface area contributed by atoms with Crippen LogP contribution in [0.4, 0.5) is 0 Å². The van der Waals surface area contributed by atoms with Gasteiger partial charge in [-0.3, -0.25) is 9.80 Å². The summed E-state index contributed by atoms with van der Waals surface area (Å²) in [6, 6.07) is 4.43. The van der Waals surface area contributed by atoms with E-state index in [0.29, 0.717) is 0 Å². The molecule has 0 spiro atoms. The summed E-state index contributed by atoms with van der Waals surface area (Å²) >= 11 is 0. The second kappa shape index (κ2) is 6.52. The van der Waals surface area contributed by atoms with Crippen LogP contribution in [0.5, 0.6) is 0 Å². The zero-order valence-electron chi connectivity index (χ0n) is 11.4. The third-order valence-electron chi connectivity index (χ3n) is 3.80. The summed E-state index contributed by atoms with van der Waals surface area (Å²) in [5.41, 5.74) is 2.62. The monoisotopic (exact) mass is 265 g/mol. The van der Waals surface area contributed by atoms with Gasteiger partial charge in [-0.25, -0.2) is 0 Å². The van der Waals surface area contributed by atoms with Crippen LogP contribution in [0, 0.1) is 0 Å². The van der Waals surface area contributed by atoms with Gasteiger partial charge in [-0.1, -0.05) is 0 Å². The standard InChI is InChI=1S/C14H23N3O2/c1-2-14(12-17-5-9-19-10-6-17)15-13(1)11-16-3-7-18-8-4-16/h1-2,15H,3-12H2. The lowest BCUT2D eigenvalue weighted by atomic mass is 10.3. The van der Waals surface area contributed by atoms with Crippen LogP contribution < -0.4 is 0 Å². The van der Waals surface area contributed by atoms with E-state index in [9.17, 15) is 0 Å². The third-order valence-corrected chi connectivity index (χ3v) is 3.80. The Hall–Kier alpha value is -0.880. The van der Waals surface area contributed by atoms with Crippen molar-refractivity contribution in [2.75, 3.05) is 52.6 Å². The predicted octanol–water partition coefficient (Wildman–Crippen LogP) is 0.679. The van der Waals surface area contributed by atoms with Crippen molar-refractivity contribution < 1.29 is 9.47 Å². The number of nitrogens with zero attached hydrogens (tertiary/aromatic N) is 2. The highest BCUT2D eigenvalue weighted by Gasteiger charge is 2.14. The molecule has 0 aliphatic carbocycles. The summed E-state index contributed by atoms with van der Waals surface area (Å²) in [6.45, 7) is 9.62. The molecule has 0 saturated carbocycles. The Morgan fingerprint density at radius 3 is 1.63 bits per heavy atom. The van der Waals surface area contributed by atoms with E-state index in [4.69, 9.17) is 9.47 Å². The molecule has 106 valence electrons. The quantitative estimate of drug-likeness (QED) is 0.869. The number of ether oxygens (including phenoxy) is 2. The number of aromatic amines is 1. The van der Waals surface area contributed by atoms with Gasteiger partial charge in [0.05, 0.1) is 26.4 Å². The molecule has 5 heteroatoms. The van der Waals surface area contributed by atoms with Crippen LogP contribution in [0.2, 0.25) is 0 Å². The Labute approximate surface area is 114 Å². The lowest BCUT2D eigenvalue weighted by Crippen LogP contribution is -2.36. The average Bonchev–Trinajstić information content (AvgIpc) is 2.88. The van der Waals surface area contributed by atoms with E-state index in [1.165, 1.54) is 11.4 Å². The summed E-state index contributed by atoms with van der Waals surface area (Å²) < 4.78 is 10.7. The SMILES string of the molecule is c1cc(CN2CCOCC2)[nH]c1CN1CCOCC1. The maximum absolute atomic E-state index is 5.37. The van der Waals surface area contributed by atoms with Crippen LogP contribution in [0.1, 0.15) is 11.4 Å². The van der Waals surface area contributed by atoms with Crippen molar-refractivity contribution in [1.29, 1.82) is 0 Å². The van der Waals surface area contributed by atoms with E-state index in [-0.39, 0.29) is 0 Å². The van der Waals surface area contributed by atoms with Crippen molar-refractivity contribution in [3.63, 3.8) is 0 Å². The van der Waals surface area contributed by atoms with Crippen molar-refractivity contribution in [1.82, 2.24) is 14.8 Å². The summed E-state index contributed by atoms with van der Waals surface area (Å²) in [4.78, 5) is 8.42. The van der Waals surface area contributed by atoms with Crippen molar-refractivity contribution in [3.8, 4) is 0 Å². The van der Waals surface area contributed by atoms with Gasteiger partial charge in [0, 0.05) is 50.7 Å². The molecule has 2 aliphatic rings. The normalized spacial score (nSPS) is 22.7. The van der Waals surface area contributed by atoms with E-state index >= 15 is 0 Å². The molecule has 3 heterocycles. The van der Waals surface area contributed by atoms with Crippen LogP contribution in [0.15, 0.2) is 12.1 Å². The van der Waals surface area contributed by atoms with Crippen LogP contribution in [0.3, 0.4) is 0 Å². The molecule has 19 heavy (non-hydrogen) atoms. The van der Waals surface area contributed by atoms with E-state index < -0.39 is 0 Å². The van der Waals surface area contributed by atoms with Crippen LogP contribution in [-0.2, 0) is 22.6 Å². The summed E-state index contributed by atoms with van der Waals surface area (Å²) in [5.74, 6) is 0. The zero-order valence-corrected chi connectivity index (χ0v) is 11.4. The van der Waals surface area contributed by atoms with Gasteiger partial charge in [-0.2, -0.15) is 0 Å². The largest absolute Gasteiger partial charge is 0.379 e. The minimum absolute atomic E-state index is 0.862. The maximum atomic E-state index is 5.37. The molecule has 0 bridgehead atoms. The number of hydrogen-bond donors (Lipinski definition) is 1. The molecule has 0 aromatic carbocycles. The first-order chi connectivity index (χ1) is 9.40. The Balaban J connectivity index is 1.50. The van der Waals surface area contributed by atoms with E-state index in [1.54, 1.807) is 0 Å². The van der Waals surface area contributed by atoms with Gasteiger partial charge in [-0.05, 0) is 12.1 Å². The lowest BCUT2D eigenvalue weighted by Gasteiger charge is -2.26. The topological polar surface area (TPSA) is 40.7 Å². The number of hydrogen-bond acceptors (Lipinski definition) is 4. The number of aromatic nitrogens is 1. The number of morpholine rings is 2. The maximum Gasteiger partial charge on any atom is 0.0594 e. The van der Waals surface area contributed by atoms with Gasteiger partial charge < -0.3 is 14.5 Å². The smallest absolute Gasteiger partial charge is 0.0594 e. The van der Waals surface area contributed by atoms with Gasteiger partial charge in [0.15, 0.2) is 0 Å². The summed E-state index contributed by atoms with van der Waals surface area (Å²) in [7, 11) is 0. The average molecular weight is 265 g/mol. The van der Waals surface area contributed by atoms with Crippen molar-refractivity contribution in [3.05, 3.63) is 23.5 Å². The molecule has 2 saturated heterocycles. The Kier molecular flexibility index (Phi) is 4.50. The molecule has 1 aromatic heterocycles. The molecule has 3 rings (SSSR count). The van der Waals surface area contributed by atoms with Crippen molar-refractivity contribution in [2.24, 2.45) is 0 Å². The molecule has 0 unspecified atom stereocenters. The second-order valence-corrected chi connectivity index (χ2v) is 5.29. The number of nitrogens with one attached hydrogen (secondary N) is 1. The van der Waals surface area contributed by atoms with Gasteiger partial charge in [0.25, 0.3) is 0 Å². The fourth-order valence-corrected chi connectivity index (χ4v) is 2.68. The van der Waals surface area contributed by atoms with E-state index in [1.807, 2.05) is 0 Å². The molecule has 0 amide bonds. The Morgan fingerprint density at radius 2 is 1.21 bits per heavy atom. The predicted molar refractivity (Wildman–Crippen MR) is 73.0 cm³/mol. The van der Waals surface area contributed by atoms with E-state index in [0.717, 1.165) is 65.7 Å². The first-order valence-corrected chi connectivity index (χ1v) is 7.17. The summed E-state index contributed by atoms with van der Waals surface area (Å²) in [6.07, 6.45) is 0. The second-order valence-electron chi connectivity index (χ2n) is 5.29. The fourth-order valence-electron chi connectivity index (χ4n) is 2.68. The highest BCUT2D eigenvalue weighted by atomic mass is 16.5. The summed E-state index contributed by atoms with van der Waals surface area (Å²) in [5, 5.41) is 0. The first kappa shape index (κ1) is 13.1. The van der Waals surface area contributed by atoms with Gasteiger partial charge in [-0.15, -0.1) is 0 Å². The molecular weight excluding hydrogens is 242 g/mol. The molecule has 0 atom stereocenters. The molecule has 2 fully saturated rings. The van der Waals surface area contributed by atoms with Gasteiger partial charge >= 0.3 is 0 Å². The minimum atomic E-state index is 0.862. The highest BCUT2D eigenvalue weighted by molar-refractivity contribution is 5.13. The van der Waals surface area contributed by atoms with Crippen molar-refractivity contribution >= 4 is 0 Å². The van der Waals surface area contributed by atoms with Gasteiger partial charge in [0.2, 0.25) is 0 Å². The van der Waals surface area contributed by atoms with E-state index in [2.05, 4.69) is 26.9 Å². The van der Waals surface area contributed by atoms with Gasteiger partial charge in [0.1, 0.15) is 0 Å². The third kappa shape index (κ3) is 3.79. The Morgan fingerprint density at radius 1 is 0.789 bits per heavy atom. The van der Waals surface area contributed by atoms with Crippen LogP contribution in [-0.4, -0.2) is 67.4 Å². The first-order valence-electron chi connectivity index (χ1n) is 7.17. The number of H-pyrrole nitrogens is 1. The highest BCUT2D eigenvalue weighted by Crippen LogP contribution is 2.10. The molecule has 0 radical (unpaired) electrons. The Bertz CT molecular complexity index is 347. The molecule has 1 N–H and O–H groups in total. The lowest BCUT2D eigenvalue weighted by molar-refractivity contribution is 0.0326. The molecule has 1 aromatic rings. The number of rotatable bonds is 4. The molecular formula is C14H23N3O2.